The molecule has 1 rings (SSSR count). The minimum absolute atomic E-state index is 0.0165. The molecule has 1 fully saturated rings. The van der Waals surface area contributed by atoms with Crippen molar-refractivity contribution in [2.45, 2.75) is 6.42 Å². The Kier molecular flexibility index (Phi) is 4.30. The number of rotatable bonds is 5. The molecule has 1 aliphatic heterocycles. The van der Waals surface area contributed by atoms with E-state index in [9.17, 15) is 9.59 Å². The van der Waals surface area contributed by atoms with Crippen LogP contribution in [0.2, 0.25) is 0 Å². The average molecular weight is 211 g/mol. The number of nitrogens with two attached hydrogens (primary N) is 1. The molecule has 2 amide bonds. The highest BCUT2D eigenvalue weighted by Gasteiger charge is 2.33. The van der Waals surface area contributed by atoms with Crippen LogP contribution in [-0.2, 0) is 9.59 Å². The van der Waals surface area contributed by atoms with Crippen LogP contribution in [0.4, 0.5) is 0 Å². The van der Waals surface area contributed by atoms with E-state index in [1.807, 2.05) is 0 Å². The van der Waals surface area contributed by atoms with Crippen molar-refractivity contribution >= 4 is 11.8 Å². The number of amides is 2. The lowest BCUT2D eigenvalue weighted by Crippen LogP contribution is -2.35. The predicted molar refractivity (Wildman–Crippen MR) is 56.9 cm³/mol. The molecule has 1 saturated heterocycles. The Bertz CT molecular complexity index is 265. The zero-order chi connectivity index (χ0) is 11.3. The molecule has 1 heterocycles. The van der Waals surface area contributed by atoms with Crippen molar-refractivity contribution < 1.29 is 9.59 Å². The van der Waals surface area contributed by atoms with E-state index in [0.717, 1.165) is 0 Å². The van der Waals surface area contributed by atoms with Crippen LogP contribution < -0.4 is 11.1 Å². The number of nitrogens with zero attached hydrogens (tertiary/aromatic N) is 1. The first kappa shape index (κ1) is 11.7. The predicted octanol–water partition coefficient (Wildman–Crippen LogP) is -0.904. The maximum absolute atomic E-state index is 11.5. The summed E-state index contributed by atoms with van der Waals surface area (Å²) in [4.78, 5) is 24.6. The van der Waals surface area contributed by atoms with Crippen LogP contribution in [0.1, 0.15) is 6.42 Å². The Morgan fingerprint density at radius 1 is 1.73 bits per heavy atom. The summed E-state index contributed by atoms with van der Waals surface area (Å²) in [7, 11) is 0. The van der Waals surface area contributed by atoms with Gasteiger partial charge in [0, 0.05) is 32.6 Å². The topological polar surface area (TPSA) is 75.4 Å². The lowest BCUT2D eigenvalue weighted by Gasteiger charge is -2.13. The molecule has 5 heteroatoms. The van der Waals surface area contributed by atoms with Gasteiger partial charge in [0.25, 0.3) is 0 Å². The molecule has 0 saturated carbocycles. The maximum atomic E-state index is 11.5. The van der Waals surface area contributed by atoms with Crippen molar-refractivity contribution in [3.05, 3.63) is 12.7 Å². The number of likely N-dealkylation sites (tertiary alicyclic amines) is 1. The van der Waals surface area contributed by atoms with Gasteiger partial charge in [-0.3, -0.25) is 9.59 Å². The van der Waals surface area contributed by atoms with E-state index >= 15 is 0 Å². The Morgan fingerprint density at radius 2 is 2.47 bits per heavy atom. The SMILES string of the molecule is C=CCN1CC(C(=O)NCCN)CC1=O. The van der Waals surface area contributed by atoms with Crippen LogP contribution in [0.3, 0.4) is 0 Å². The molecular weight excluding hydrogens is 194 g/mol. The minimum Gasteiger partial charge on any atom is -0.355 e. The summed E-state index contributed by atoms with van der Waals surface area (Å²) >= 11 is 0. The maximum Gasteiger partial charge on any atom is 0.225 e. The van der Waals surface area contributed by atoms with E-state index in [0.29, 0.717) is 32.6 Å². The first-order valence-corrected chi connectivity index (χ1v) is 5.05. The van der Waals surface area contributed by atoms with Crippen LogP contribution in [0.5, 0.6) is 0 Å². The number of hydrogen-bond donors (Lipinski definition) is 2. The van der Waals surface area contributed by atoms with Gasteiger partial charge < -0.3 is 16.0 Å². The second-order valence-corrected chi connectivity index (χ2v) is 3.57. The molecule has 0 aromatic rings. The number of carbonyl (C=O) groups is 2. The van der Waals surface area contributed by atoms with Gasteiger partial charge in [-0.05, 0) is 0 Å². The summed E-state index contributed by atoms with van der Waals surface area (Å²) in [6.45, 7) is 5.45. The highest BCUT2D eigenvalue weighted by Crippen LogP contribution is 2.17. The molecule has 0 aromatic heterocycles. The normalized spacial score (nSPS) is 20.5. The molecule has 0 spiro atoms. The molecule has 1 atom stereocenters. The second-order valence-electron chi connectivity index (χ2n) is 3.57. The quantitative estimate of drug-likeness (QED) is 0.578. The third-order valence-electron chi connectivity index (χ3n) is 2.38. The Labute approximate surface area is 89.3 Å². The Balaban J connectivity index is 2.43. The minimum atomic E-state index is -0.232. The van der Waals surface area contributed by atoms with E-state index in [-0.39, 0.29) is 17.7 Å². The summed E-state index contributed by atoms with van der Waals surface area (Å²) in [5.74, 6) is -0.299. The van der Waals surface area contributed by atoms with E-state index in [2.05, 4.69) is 11.9 Å². The van der Waals surface area contributed by atoms with E-state index in [4.69, 9.17) is 5.73 Å². The fourth-order valence-corrected chi connectivity index (χ4v) is 1.62. The number of hydrogen-bond acceptors (Lipinski definition) is 3. The van der Waals surface area contributed by atoms with Gasteiger partial charge in [-0.25, -0.2) is 0 Å². The van der Waals surface area contributed by atoms with E-state index in [1.54, 1.807) is 11.0 Å². The summed E-state index contributed by atoms with van der Waals surface area (Å²) in [5.41, 5.74) is 5.27. The molecule has 0 bridgehead atoms. The highest BCUT2D eigenvalue weighted by atomic mass is 16.2. The van der Waals surface area contributed by atoms with E-state index in [1.165, 1.54) is 0 Å². The summed E-state index contributed by atoms with van der Waals surface area (Å²) in [6, 6.07) is 0. The smallest absolute Gasteiger partial charge is 0.225 e. The van der Waals surface area contributed by atoms with Gasteiger partial charge >= 0.3 is 0 Å². The summed E-state index contributed by atoms with van der Waals surface area (Å²) in [5, 5.41) is 2.69. The van der Waals surface area contributed by atoms with Crippen molar-refractivity contribution in [1.82, 2.24) is 10.2 Å². The van der Waals surface area contributed by atoms with Crippen molar-refractivity contribution in [2.75, 3.05) is 26.2 Å². The molecule has 0 aromatic carbocycles. The Morgan fingerprint density at radius 3 is 3.07 bits per heavy atom. The van der Waals surface area contributed by atoms with Crippen molar-refractivity contribution in [3.63, 3.8) is 0 Å². The fourth-order valence-electron chi connectivity index (χ4n) is 1.62. The van der Waals surface area contributed by atoms with Gasteiger partial charge in [-0.15, -0.1) is 6.58 Å². The van der Waals surface area contributed by atoms with Crippen LogP contribution >= 0.6 is 0 Å². The van der Waals surface area contributed by atoms with Gasteiger partial charge in [0.2, 0.25) is 11.8 Å². The number of carbonyl (C=O) groups excluding carboxylic acids is 2. The van der Waals surface area contributed by atoms with Gasteiger partial charge in [-0.2, -0.15) is 0 Å². The lowest BCUT2D eigenvalue weighted by atomic mass is 10.1. The largest absolute Gasteiger partial charge is 0.355 e. The summed E-state index contributed by atoms with van der Waals surface area (Å²) < 4.78 is 0. The molecule has 3 N–H and O–H groups in total. The molecule has 0 radical (unpaired) electrons. The lowest BCUT2D eigenvalue weighted by molar-refractivity contribution is -0.128. The third-order valence-corrected chi connectivity index (χ3v) is 2.38. The van der Waals surface area contributed by atoms with Crippen LogP contribution in [0.25, 0.3) is 0 Å². The number of nitrogens with one attached hydrogen (secondary N) is 1. The molecule has 5 nitrogen and oxygen atoms in total. The van der Waals surface area contributed by atoms with E-state index < -0.39 is 0 Å². The monoisotopic (exact) mass is 211 g/mol. The standard InChI is InChI=1S/C10H17N3O2/c1-2-5-13-7-8(6-9(13)14)10(15)12-4-3-11/h2,8H,1,3-7,11H2,(H,12,15). The first-order chi connectivity index (χ1) is 7.19. The van der Waals surface area contributed by atoms with Crippen LogP contribution in [0, 0.1) is 5.92 Å². The van der Waals surface area contributed by atoms with Gasteiger partial charge in [0.05, 0.1) is 5.92 Å². The molecule has 1 unspecified atom stereocenters. The third kappa shape index (κ3) is 3.06. The summed E-state index contributed by atoms with van der Waals surface area (Å²) in [6.07, 6.45) is 1.96. The molecule has 1 aliphatic rings. The second kappa shape index (κ2) is 5.50. The average Bonchev–Trinajstić information content (AvgIpc) is 2.58. The molecule has 0 aliphatic carbocycles. The highest BCUT2D eigenvalue weighted by molar-refractivity contribution is 5.89. The zero-order valence-electron chi connectivity index (χ0n) is 8.74. The van der Waals surface area contributed by atoms with Crippen LogP contribution in [0.15, 0.2) is 12.7 Å². The zero-order valence-corrected chi connectivity index (χ0v) is 8.74. The van der Waals surface area contributed by atoms with Crippen molar-refractivity contribution in [2.24, 2.45) is 11.7 Å². The van der Waals surface area contributed by atoms with Crippen molar-refractivity contribution in [3.8, 4) is 0 Å². The molecule has 84 valence electrons. The molecule has 15 heavy (non-hydrogen) atoms. The Hall–Kier alpha value is -1.36. The van der Waals surface area contributed by atoms with Crippen molar-refractivity contribution in [1.29, 1.82) is 0 Å². The van der Waals surface area contributed by atoms with Gasteiger partial charge in [0.1, 0.15) is 0 Å². The van der Waals surface area contributed by atoms with Crippen LogP contribution in [-0.4, -0.2) is 42.9 Å². The first-order valence-electron chi connectivity index (χ1n) is 5.05. The van der Waals surface area contributed by atoms with Gasteiger partial charge in [-0.1, -0.05) is 6.08 Å². The fraction of sp³-hybridized carbons (Fsp3) is 0.600. The van der Waals surface area contributed by atoms with Gasteiger partial charge in [0.15, 0.2) is 0 Å². The molecular formula is C10H17N3O2.